The SMILES string of the molecule is CC[C@H](C)NC(=O)[C@H](Cc1ccccc1)N(Cc1ccc(Cl)cc1Cl)C(=O)CCCN(c1ccc2c(c1)OCO2)S(C)(=O)=O. The molecule has 0 radical (unpaired) electrons. The molecule has 44 heavy (non-hydrogen) atoms. The van der Waals surface area contributed by atoms with E-state index in [2.05, 4.69) is 5.32 Å². The van der Waals surface area contributed by atoms with Crippen molar-refractivity contribution < 1.29 is 27.5 Å². The van der Waals surface area contributed by atoms with Gasteiger partial charge in [-0.05, 0) is 55.2 Å². The lowest BCUT2D eigenvalue weighted by Crippen LogP contribution is -2.52. The van der Waals surface area contributed by atoms with Gasteiger partial charge in [-0.25, -0.2) is 8.42 Å². The first kappa shape index (κ1) is 33.4. The maximum atomic E-state index is 14.0. The third kappa shape index (κ3) is 8.80. The highest BCUT2D eigenvalue weighted by Crippen LogP contribution is 2.36. The molecule has 0 unspecified atom stereocenters. The maximum absolute atomic E-state index is 14.0. The van der Waals surface area contributed by atoms with Gasteiger partial charge < -0.3 is 19.7 Å². The van der Waals surface area contributed by atoms with Gasteiger partial charge in [-0.3, -0.25) is 13.9 Å². The number of nitrogens with one attached hydrogen (secondary N) is 1. The summed E-state index contributed by atoms with van der Waals surface area (Å²) in [5, 5.41) is 3.87. The van der Waals surface area contributed by atoms with Crippen LogP contribution in [0.3, 0.4) is 0 Å². The molecule has 9 nitrogen and oxygen atoms in total. The second kappa shape index (κ2) is 15.0. The van der Waals surface area contributed by atoms with Gasteiger partial charge in [0.25, 0.3) is 0 Å². The molecule has 1 aliphatic rings. The summed E-state index contributed by atoms with van der Waals surface area (Å²) in [6, 6.07) is 18.5. The van der Waals surface area contributed by atoms with Crippen molar-refractivity contribution in [3.05, 3.63) is 87.9 Å². The summed E-state index contributed by atoms with van der Waals surface area (Å²) in [7, 11) is -3.68. The number of hydrogen-bond acceptors (Lipinski definition) is 6. The molecule has 2 amide bonds. The lowest BCUT2D eigenvalue weighted by molar-refractivity contribution is -0.141. The Morgan fingerprint density at radius 3 is 2.41 bits per heavy atom. The Labute approximate surface area is 269 Å². The van der Waals surface area contributed by atoms with Crippen LogP contribution in [0.2, 0.25) is 10.0 Å². The fourth-order valence-corrected chi connectivity index (χ4v) is 6.30. The van der Waals surface area contributed by atoms with E-state index in [0.29, 0.717) is 32.8 Å². The minimum absolute atomic E-state index is 0.0102. The quantitative estimate of drug-likeness (QED) is 0.233. The van der Waals surface area contributed by atoms with Crippen LogP contribution >= 0.6 is 23.2 Å². The molecule has 0 saturated heterocycles. The number of fused-ring (bicyclic) bond motifs is 1. The lowest BCUT2D eigenvalue weighted by atomic mass is 10.0. The number of carbonyl (C=O) groups excluding carboxylic acids is 2. The molecule has 0 spiro atoms. The van der Waals surface area contributed by atoms with E-state index in [1.54, 1.807) is 36.4 Å². The van der Waals surface area contributed by atoms with E-state index in [4.69, 9.17) is 32.7 Å². The van der Waals surface area contributed by atoms with Crippen LogP contribution < -0.4 is 19.1 Å². The van der Waals surface area contributed by atoms with Crippen LogP contribution in [0.1, 0.15) is 44.2 Å². The number of amides is 2. The summed E-state index contributed by atoms with van der Waals surface area (Å²) in [5.74, 6) is 0.401. The number of halogens is 2. The molecule has 2 atom stereocenters. The van der Waals surface area contributed by atoms with Gasteiger partial charge in [-0.1, -0.05) is 66.5 Å². The Morgan fingerprint density at radius 1 is 1.00 bits per heavy atom. The van der Waals surface area contributed by atoms with Gasteiger partial charge >= 0.3 is 0 Å². The normalized spacial score (nSPS) is 13.7. The van der Waals surface area contributed by atoms with Gasteiger partial charge in [0.05, 0.1) is 11.9 Å². The van der Waals surface area contributed by atoms with Crippen LogP contribution in [0.25, 0.3) is 0 Å². The zero-order chi connectivity index (χ0) is 31.9. The van der Waals surface area contributed by atoms with E-state index < -0.39 is 16.1 Å². The topological polar surface area (TPSA) is 105 Å². The lowest BCUT2D eigenvalue weighted by Gasteiger charge is -2.33. The van der Waals surface area contributed by atoms with Crippen molar-refractivity contribution in [1.29, 1.82) is 0 Å². The predicted molar refractivity (Wildman–Crippen MR) is 173 cm³/mol. The third-order valence-electron chi connectivity index (χ3n) is 7.42. The smallest absolute Gasteiger partial charge is 0.243 e. The molecule has 0 fully saturated rings. The number of benzene rings is 3. The van der Waals surface area contributed by atoms with E-state index in [1.807, 2.05) is 44.2 Å². The maximum Gasteiger partial charge on any atom is 0.243 e. The standard InChI is InChI=1S/C32H37Cl2N3O6S/c1-4-22(2)35-32(39)28(17-23-9-6-5-7-10-23)36(20-24-12-13-25(33)18-27(24)34)31(38)11-8-16-37(44(3,40)41)26-14-15-29-30(19-26)43-21-42-29/h5-7,9-10,12-15,18-19,22,28H,4,8,11,16-17,20-21H2,1-3H3,(H,35,39)/t22-,28-/m0/s1. The molecular weight excluding hydrogens is 625 g/mol. The molecule has 0 bridgehead atoms. The molecule has 1 aliphatic heterocycles. The summed E-state index contributed by atoms with van der Waals surface area (Å²) >= 11 is 12.6. The highest BCUT2D eigenvalue weighted by atomic mass is 35.5. The van der Waals surface area contributed by atoms with E-state index in [9.17, 15) is 18.0 Å². The Kier molecular flexibility index (Phi) is 11.4. The Balaban J connectivity index is 1.60. The zero-order valence-electron chi connectivity index (χ0n) is 25.0. The van der Waals surface area contributed by atoms with Crippen LogP contribution in [-0.2, 0) is 32.6 Å². The number of rotatable bonds is 14. The van der Waals surface area contributed by atoms with Gasteiger partial charge in [0, 0.05) is 48.1 Å². The highest BCUT2D eigenvalue weighted by molar-refractivity contribution is 7.92. The molecular formula is C32H37Cl2N3O6S. The van der Waals surface area contributed by atoms with E-state index in [0.717, 1.165) is 18.2 Å². The van der Waals surface area contributed by atoms with Crippen molar-refractivity contribution in [1.82, 2.24) is 10.2 Å². The first-order valence-corrected chi connectivity index (χ1v) is 17.0. The number of sulfonamides is 1. The minimum Gasteiger partial charge on any atom is -0.454 e. The molecule has 236 valence electrons. The van der Waals surface area contributed by atoms with E-state index in [-0.39, 0.29) is 57.0 Å². The van der Waals surface area contributed by atoms with Gasteiger partial charge in [0.2, 0.25) is 28.6 Å². The number of nitrogens with zero attached hydrogens (tertiary/aromatic N) is 2. The molecule has 0 saturated carbocycles. The molecule has 0 aromatic heterocycles. The first-order valence-electron chi connectivity index (χ1n) is 14.4. The molecule has 12 heteroatoms. The van der Waals surface area contributed by atoms with Crippen LogP contribution in [0, 0.1) is 0 Å². The fourth-order valence-electron chi connectivity index (χ4n) is 4.87. The van der Waals surface area contributed by atoms with Crippen molar-refractivity contribution in [2.45, 2.75) is 58.2 Å². The third-order valence-corrected chi connectivity index (χ3v) is 9.21. The minimum atomic E-state index is -3.68. The summed E-state index contributed by atoms with van der Waals surface area (Å²) in [5.41, 5.74) is 1.93. The summed E-state index contributed by atoms with van der Waals surface area (Å²) in [4.78, 5) is 29.3. The van der Waals surface area contributed by atoms with Crippen LogP contribution in [0.4, 0.5) is 5.69 Å². The molecule has 1 heterocycles. The monoisotopic (exact) mass is 661 g/mol. The van der Waals surface area contributed by atoms with Crippen LogP contribution in [0.15, 0.2) is 66.7 Å². The van der Waals surface area contributed by atoms with Gasteiger partial charge in [-0.15, -0.1) is 0 Å². The van der Waals surface area contributed by atoms with E-state index >= 15 is 0 Å². The Bertz CT molecular complexity index is 1570. The van der Waals surface area contributed by atoms with Gasteiger partial charge in [0.1, 0.15) is 6.04 Å². The molecule has 3 aromatic rings. The average Bonchev–Trinajstić information content (AvgIpc) is 3.46. The molecule has 0 aliphatic carbocycles. The van der Waals surface area contributed by atoms with Gasteiger partial charge in [-0.2, -0.15) is 0 Å². The van der Waals surface area contributed by atoms with E-state index in [1.165, 1.54) is 9.21 Å². The first-order chi connectivity index (χ1) is 21.0. The average molecular weight is 663 g/mol. The second-order valence-electron chi connectivity index (χ2n) is 10.8. The predicted octanol–water partition coefficient (Wildman–Crippen LogP) is 5.82. The summed E-state index contributed by atoms with van der Waals surface area (Å²) in [6.45, 7) is 4.06. The fraction of sp³-hybridized carbons (Fsp3) is 0.375. The number of anilines is 1. The zero-order valence-corrected chi connectivity index (χ0v) is 27.3. The largest absolute Gasteiger partial charge is 0.454 e. The number of hydrogen-bond donors (Lipinski definition) is 1. The Hall–Kier alpha value is -3.47. The molecule has 3 aromatic carbocycles. The van der Waals surface area contributed by atoms with Crippen LogP contribution in [-0.4, -0.2) is 56.8 Å². The summed E-state index contributed by atoms with van der Waals surface area (Å²) < 4.78 is 37.5. The van der Waals surface area contributed by atoms with Gasteiger partial charge in [0.15, 0.2) is 11.5 Å². The van der Waals surface area contributed by atoms with Crippen molar-refractivity contribution in [3.8, 4) is 11.5 Å². The van der Waals surface area contributed by atoms with Crippen molar-refractivity contribution in [2.75, 3.05) is 23.9 Å². The second-order valence-corrected chi connectivity index (χ2v) is 13.5. The molecule has 1 N–H and O–H groups in total. The number of carbonyl (C=O) groups is 2. The van der Waals surface area contributed by atoms with Crippen molar-refractivity contribution in [3.63, 3.8) is 0 Å². The summed E-state index contributed by atoms with van der Waals surface area (Å²) in [6.07, 6.45) is 2.32. The highest BCUT2D eigenvalue weighted by Gasteiger charge is 2.31. The van der Waals surface area contributed by atoms with Crippen molar-refractivity contribution >= 4 is 50.7 Å². The number of ether oxygens (including phenoxy) is 2. The van der Waals surface area contributed by atoms with Crippen LogP contribution in [0.5, 0.6) is 11.5 Å². The Morgan fingerprint density at radius 2 is 1.73 bits per heavy atom. The molecule has 4 rings (SSSR count). The van der Waals surface area contributed by atoms with Crippen molar-refractivity contribution in [2.24, 2.45) is 0 Å².